The average Bonchev–Trinajstić information content (AvgIpc) is 2.87. The maximum absolute atomic E-state index is 12.2. The monoisotopic (exact) mass is 502 g/mol. The third-order valence-corrected chi connectivity index (χ3v) is 5.78. The highest BCUT2D eigenvalue weighted by Crippen LogP contribution is 2.28. The number of nitrogens with two attached hydrogens (primary N) is 2. The van der Waals surface area contributed by atoms with Crippen LogP contribution in [0.5, 0.6) is 5.75 Å². The summed E-state index contributed by atoms with van der Waals surface area (Å²) in [6, 6.07) is 5.82. The summed E-state index contributed by atoms with van der Waals surface area (Å²) in [4.78, 5) is 40.2. The Morgan fingerprint density at radius 3 is 2.64 bits per heavy atom. The number of carboxylic acid groups (broad SMARTS) is 1. The summed E-state index contributed by atoms with van der Waals surface area (Å²) in [6.07, 6.45) is 4.15. The summed E-state index contributed by atoms with van der Waals surface area (Å²) in [5.41, 5.74) is 12.9. The van der Waals surface area contributed by atoms with Crippen molar-refractivity contribution in [2.75, 3.05) is 25.5 Å². The number of rotatable bonds is 16. The van der Waals surface area contributed by atoms with Gasteiger partial charge in [0, 0.05) is 36.7 Å². The van der Waals surface area contributed by atoms with E-state index in [2.05, 4.69) is 27.9 Å². The number of nitrogens with one attached hydrogen (secondary N) is 3. The van der Waals surface area contributed by atoms with Crippen LogP contribution in [0.2, 0.25) is 0 Å². The molecule has 198 valence electrons. The molecular formula is C25H38N6O5. The second-order valence-electron chi connectivity index (χ2n) is 8.76. The number of ether oxygens (including phenoxy) is 1. The summed E-state index contributed by atoms with van der Waals surface area (Å²) in [7, 11) is 1.62. The number of fused-ring (bicyclic) bond motifs is 1. The van der Waals surface area contributed by atoms with Crippen LogP contribution < -0.4 is 32.2 Å². The molecule has 36 heavy (non-hydrogen) atoms. The number of aromatic nitrogens is 1. The van der Waals surface area contributed by atoms with Crippen molar-refractivity contribution in [1.82, 2.24) is 15.6 Å². The molecule has 3 atom stereocenters. The van der Waals surface area contributed by atoms with Gasteiger partial charge in [-0.25, -0.2) is 4.79 Å². The minimum Gasteiger partial charge on any atom is -0.497 e. The van der Waals surface area contributed by atoms with Crippen molar-refractivity contribution in [2.24, 2.45) is 11.5 Å². The highest BCUT2D eigenvalue weighted by molar-refractivity contribution is 5.92. The number of carboxylic acids is 1. The molecule has 0 bridgehead atoms. The van der Waals surface area contributed by atoms with Crippen LogP contribution in [0.3, 0.4) is 0 Å². The SMILES string of the molecule is COc1cc(NC(C)CCCNC(=O)CCC(NC(=O)[C@H](N)CCCN)C(=O)O)c2ncccc2c1. The van der Waals surface area contributed by atoms with E-state index in [-0.39, 0.29) is 24.8 Å². The number of methoxy groups -OCH3 is 1. The van der Waals surface area contributed by atoms with Gasteiger partial charge in [-0.3, -0.25) is 14.6 Å². The number of carbonyl (C=O) groups is 3. The van der Waals surface area contributed by atoms with Gasteiger partial charge in [0.25, 0.3) is 0 Å². The molecule has 0 aliphatic carbocycles. The Hall–Kier alpha value is -3.44. The van der Waals surface area contributed by atoms with Crippen molar-refractivity contribution in [2.45, 2.75) is 63.6 Å². The maximum atomic E-state index is 12.2. The lowest BCUT2D eigenvalue weighted by atomic mass is 10.1. The normalized spacial score (nSPS) is 13.4. The quantitative estimate of drug-likeness (QED) is 0.185. The van der Waals surface area contributed by atoms with Crippen molar-refractivity contribution in [1.29, 1.82) is 0 Å². The number of nitrogens with zero attached hydrogens (tertiary/aromatic N) is 1. The molecular weight excluding hydrogens is 464 g/mol. The Morgan fingerprint density at radius 1 is 1.17 bits per heavy atom. The number of amides is 2. The predicted molar refractivity (Wildman–Crippen MR) is 139 cm³/mol. The van der Waals surface area contributed by atoms with Crippen LogP contribution in [0.4, 0.5) is 5.69 Å². The standard InChI is InChI=1S/C25H38N6O5/c1-16(30-21-15-18(36-2)14-17-7-5-13-29-23(17)21)6-4-12-28-22(32)10-9-20(25(34)35)31-24(33)19(27)8-3-11-26/h5,7,13-16,19-20,30H,3-4,6,8-12,26-27H2,1-2H3,(H,28,32)(H,31,33)(H,34,35)/t16?,19-,20?/m1/s1. The molecule has 1 aromatic carbocycles. The Kier molecular flexibility index (Phi) is 11.9. The van der Waals surface area contributed by atoms with Gasteiger partial charge in [0.05, 0.1) is 24.4 Å². The van der Waals surface area contributed by atoms with Crippen LogP contribution in [-0.2, 0) is 14.4 Å². The molecule has 0 aliphatic rings. The molecule has 11 heteroatoms. The highest BCUT2D eigenvalue weighted by Gasteiger charge is 2.23. The number of benzene rings is 1. The van der Waals surface area contributed by atoms with Crippen molar-refractivity contribution in [3.8, 4) is 5.75 Å². The molecule has 2 amide bonds. The fourth-order valence-electron chi connectivity index (χ4n) is 3.74. The van der Waals surface area contributed by atoms with Gasteiger partial charge in [0.15, 0.2) is 0 Å². The summed E-state index contributed by atoms with van der Waals surface area (Å²) < 4.78 is 5.39. The number of pyridine rings is 1. The smallest absolute Gasteiger partial charge is 0.326 e. The lowest BCUT2D eigenvalue weighted by Crippen LogP contribution is -2.48. The van der Waals surface area contributed by atoms with E-state index in [1.165, 1.54) is 0 Å². The summed E-state index contributed by atoms with van der Waals surface area (Å²) in [5, 5.41) is 19.0. The zero-order valence-electron chi connectivity index (χ0n) is 21.0. The number of aliphatic carboxylic acids is 1. The number of carbonyl (C=O) groups excluding carboxylic acids is 2. The Morgan fingerprint density at radius 2 is 1.94 bits per heavy atom. The molecule has 1 aromatic heterocycles. The third kappa shape index (κ3) is 9.31. The second kappa shape index (κ2) is 14.8. The van der Waals surface area contributed by atoms with Gasteiger partial charge in [-0.1, -0.05) is 6.07 Å². The van der Waals surface area contributed by atoms with E-state index in [4.69, 9.17) is 16.2 Å². The zero-order valence-corrected chi connectivity index (χ0v) is 21.0. The average molecular weight is 503 g/mol. The molecule has 0 aliphatic heterocycles. The lowest BCUT2D eigenvalue weighted by molar-refractivity contribution is -0.142. The minimum atomic E-state index is -1.21. The molecule has 8 N–H and O–H groups in total. The maximum Gasteiger partial charge on any atom is 0.326 e. The van der Waals surface area contributed by atoms with Gasteiger partial charge in [-0.2, -0.15) is 0 Å². The molecule has 0 radical (unpaired) electrons. The first-order valence-corrected chi connectivity index (χ1v) is 12.2. The van der Waals surface area contributed by atoms with E-state index in [0.29, 0.717) is 25.9 Å². The van der Waals surface area contributed by atoms with Crippen LogP contribution >= 0.6 is 0 Å². The van der Waals surface area contributed by atoms with Gasteiger partial charge in [0.1, 0.15) is 11.8 Å². The van der Waals surface area contributed by atoms with Crippen molar-refractivity contribution >= 4 is 34.4 Å². The van der Waals surface area contributed by atoms with Crippen molar-refractivity contribution < 1.29 is 24.2 Å². The molecule has 0 spiro atoms. The highest BCUT2D eigenvalue weighted by atomic mass is 16.5. The topological polar surface area (TPSA) is 182 Å². The lowest BCUT2D eigenvalue weighted by Gasteiger charge is -2.18. The molecule has 0 fully saturated rings. The minimum absolute atomic E-state index is 0.0233. The second-order valence-corrected chi connectivity index (χ2v) is 8.76. The van der Waals surface area contributed by atoms with Crippen LogP contribution in [0.15, 0.2) is 30.5 Å². The van der Waals surface area contributed by atoms with Gasteiger partial charge < -0.3 is 37.3 Å². The van der Waals surface area contributed by atoms with Crippen molar-refractivity contribution in [3.05, 3.63) is 30.5 Å². The van der Waals surface area contributed by atoms with E-state index in [1.807, 2.05) is 24.3 Å². The summed E-state index contributed by atoms with van der Waals surface area (Å²) in [6.45, 7) is 2.90. The molecule has 2 rings (SSSR count). The fraction of sp³-hybridized carbons (Fsp3) is 0.520. The summed E-state index contributed by atoms with van der Waals surface area (Å²) in [5.74, 6) is -1.30. The zero-order chi connectivity index (χ0) is 26.5. The molecule has 11 nitrogen and oxygen atoms in total. The largest absolute Gasteiger partial charge is 0.497 e. The van der Waals surface area contributed by atoms with Crippen LogP contribution in [0.25, 0.3) is 10.9 Å². The number of hydrogen-bond donors (Lipinski definition) is 6. The van der Waals surface area contributed by atoms with Gasteiger partial charge in [-0.15, -0.1) is 0 Å². The van der Waals surface area contributed by atoms with Gasteiger partial charge in [0.2, 0.25) is 11.8 Å². The number of hydrogen-bond acceptors (Lipinski definition) is 8. The Labute approximate surface area is 211 Å². The predicted octanol–water partition coefficient (Wildman–Crippen LogP) is 1.36. The van der Waals surface area contributed by atoms with Gasteiger partial charge in [-0.05, 0) is 57.7 Å². The molecule has 2 aromatic rings. The van der Waals surface area contributed by atoms with E-state index < -0.39 is 24.0 Å². The first-order valence-electron chi connectivity index (χ1n) is 12.2. The molecule has 0 saturated heterocycles. The Balaban J connectivity index is 1.74. The number of anilines is 1. The first kappa shape index (κ1) is 28.8. The van der Waals surface area contributed by atoms with E-state index >= 15 is 0 Å². The molecule has 2 unspecified atom stereocenters. The third-order valence-electron chi connectivity index (χ3n) is 5.78. The van der Waals surface area contributed by atoms with Crippen molar-refractivity contribution in [3.63, 3.8) is 0 Å². The van der Waals surface area contributed by atoms with Crippen LogP contribution in [0, 0.1) is 0 Å². The fourth-order valence-corrected chi connectivity index (χ4v) is 3.74. The first-order chi connectivity index (χ1) is 17.2. The Bertz CT molecular complexity index is 1020. The van der Waals surface area contributed by atoms with Crippen LogP contribution in [-0.4, -0.2) is 66.2 Å². The van der Waals surface area contributed by atoms with E-state index in [1.54, 1.807) is 13.3 Å². The molecule has 0 saturated carbocycles. The van der Waals surface area contributed by atoms with E-state index in [0.717, 1.165) is 35.2 Å². The van der Waals surface area contributed by atoms with E-state index in [9.17, 15) is 19.5 Å². The van der Waals surface area contributed by atoms with Crippen LogP contribution in [0.1, 0.15) is 45.4 Å². The summed E-state index contributed by atoms with van der Waals surface area (Å²) >= 11 is 0. The van der Waals surface area contributed by atoms with Gasteiger partial charge >= 0.3 is 5.97 Å². The molecule has 1 heterocycles.